The first-order valence-corrected chi connectivity index (χ1v) is 9.86. The highest BCUT2D eigenvalue weighted by Gasteiger charge is 2.04. The van der Waals surface area contributed by atoms with Gasteiger partial charge >= 0.3 is 0 Å². The number of methoxy groups -OCH3 is 1. The predicted octanol–water partition coefficient (Wildman–Crippen LogP) is 3.50. The van der Waals surface area contributed by atoms with Gasteiger partial charge in [-0.25, -0.2) is 4.98 Å². The fraction of sp³-hybridized carbons (Fsp3) is 0.273. The van der Waals surface area contributed by atoms with E-state index in [4.69, 9.17) is 16.3 Å². The van der Waals surface area contributed by atoms with E-state index in [2.05, 4.69) is 49.4 Å². The van der Waals surface area contributed by atoms with E-state index in [-0.39, 0.29) is 0 Å². The minimum Gasteiger partial charge on any atom is -0.497 e. The fourth-order valence-electron chi connectivity index (χ4n) is 3.01. The summed E-state index contributed by atoms with van der Waals surface area (Å²) in [6.07, 6.45) is 6.38. The monoisotopic (exact) mass is 411 g/mol. The number of guanidine groups is 1. The van der Waals surface area contributed by atoms with Gasteiger partial charge in [-0.2, -0.15) is 0 Å². The zero-order chi connectivity index (χ0) is 20.5. The largest absolute Gasteiger partial charge is 0.497 e. The third kappa shape index (κ3) is 6.26. The molecule has 0 aliphatic heterocycles. The first kappa shape index (κ1) is 20.7. The second kappa shape index (κ2) is 10.5. The highest BCUT2D eigenvalue weighted by Crippen LogP contribution is 2.22. The maximum atomic E-state index is 6.30. The van der Waals surface area contributed by atoms with Crippen molar-refractivity contribution in [1.82, 2.24) is 20.2 Å². The van der Waals surface area contributed by atoms with Crippen molar-refractivity contribution >= 4 is 17.6 Å². The Bertz CT molecular complexity index is 940. The number of benzene rings is 2. The molecule has 0 saturated carbocycles. The van der Waals surface area contributed by atoms with Gasteiger partial charge in [0.25, 0.3) is 0 Å². The van der Waals surface area contributed by atoms with Gasteiger partial charge in [0.15, 0.2) is 5.96 Å². The number of aromatic nitrogens is 2. The second-order valence-corrected chi connectivity index (χ2v) is 7.02. The van der Waals surface area contributed by atoms with Crippen LogP contribution in [0.4, 0.5) is 0 Å². The molecular weight excluding hydrogens is 386 g/mol. The first-order chi connectivity index (χ1) is 14.2. The van der Waals surface area contributed by atoms with Crippen molar-refractivity contribution in [1.29, 1.82) is 0 Å². The zero-order valence-corrected chi connectivity index (χ0v) is 17.5. The van der Waals surface area contributed by atoms with Crippen LogP contribution in [-0.4, -0.2) is 36.2 Å². The molecular formula is C22H26ClN5O. The Morgan fingerprint density at radius 1 is 1.17 bits per heavy atom. The quantitative estimate of drug-likeness (QED) is 0.440. The maximum absolute atomic E-state index is 6.30. The standard InChI is InChI=1S/C22H26ClN5O/c1-24-22(26-9-8-19-6-7-20(29-2)13-21(19)23)27-14-17-4-3-5-18(12-17)15-28-11-10-25-16-28/h3-7,10-13,16H,8-9,14-15H2,1-2H3,(H2,24,26,27). The molecule has 3 aromatic rings. The van der Waals surface area contributed by atoms with Gasteiger partial charge in [0, 0.05) is 44.1 Å². The Balaban J connectivity index is 1.48. The molecule has 152 valence electrons. The molecule has 0 radical (unpaired) electrons. The summed E-state index contributed by atoms with van der Waals surface area (Å²) in [7, 11) is 3.40. The predicted molar refractivity (Wildman–Crippen MR) is 118 cm³/mol. The number of hydrogen-bond acceptors (Lipinski definition) is 3. The molecule has 0 amide bonds. The van der Waals surface area contributed by atoms with E-state index in [9.17, 15) is 0 Å². The summed E-state index contributed by atoms with van der Waals surface area (Å²) in [4.78, 5) is 8.38. The summed E-state index contributed by atoms with van der Waals surface area (Å²) < 4.78 is 7.24. The molecule has 0 bridgehead atoms. The lowest BCUT2D eigenvalue weighted by Crippen LogP contribution is -2.37. The highest BCUT2D eigenvalue weighted by molar-refractivity contribution is 6.31. The van der Waals surface area contributed by atoms with Crippen LogP contribution in [0.2, 0.25) is 5.02 Å². The number of imidazole rings is 1. The van der Waals surface area contributed by atoms with Crippen LogP contribution in [0.15, 0.2) is 66.2 Å². The Hall–Kier alpha value is -2.99. The molecule has 3 rings (SSSR count). The van der Waals surface area contributed by atoms with Crippen LogP contribution in [0.3, 0.4) is 0 Å². The molecule has 2 aromatic carbocycles. The van der Waals surface area contributed by atoms with Gasteiger partial charge in [0.2, 0.25) is 0 Å². The number of halogens is 1. The molecule has 1 aromatic heterocycles. The summed E-state index contributed by atoms with van der Waals surface area (Å²) in [5, 5.41) is 7.40. The maximum Gasteiger partial charge on any atom is 0.191 e. The van der Waals surface area contributed by atoms with Crippen LogP contribution in [-0.2, 0) is 19.5 Å². The van der Waals surface area contributed by atoms with Gasteiger partial charge in [-0.3, -0.25) is 4.99 Å². The Kier molecular flexibility index (Phi) is 7.53. The van der Waals surface area contributed by atoms with Crippen molar-refractivity contribution in [2.24, 2.45) is 4.99 Å². The molecule has 2 N–H and O–H groups in total. The van der Waals surface area contributed by atoms with Crippen molar-refractivity contribution in [2.45, 2.75) is 19.5 Å². The third-order valence-corrected chi connectivity index (χ3v) is 4.90. The summed E-state index contributed by atoms with van der Waals surface area (Å²) in [6, 6.07) is 14.2. The summed E-state index contributed by atoms with van der Waals surface area (Å²) >= 11 is 6.30. The highest BCUT2D eigenvalue weighted by atomic mass is 35.5. The van der Waals surface area contributed by atoms with Crippen LogP contribution in [0.25, 0.3) is 0 Å². The molecule has 1 heterocycles. The Morgan fingerprint density at radius 2 is 2.03 bits per heavy atom. The van der Waals surface area contributed by atoms with Gasteiger partial charge in [0.1, 0.15) is 5.75 Å². The van der Waals surface area contributed by atoms with Crippen LogP contribution in [0, 0.1) is 0 Å². The number of nitrogens with zero attached hydrogens (tertiary/aromatic N) is 3. The zero-order valence-electron chi connectivity index (χ0n) is 16.7. The van der Waals surface area contributed by atoms with Gasteiger partial charge in [-0.05, 0) is 35.2 Å². The third-order valence-electron chi connectivity index (χ3n) is 4.55. The first-order valence-electron chi connectivity index (χ1n) is 9.48. The molecule has 6 nitrogen and oxygen atoms in total. The van der Waals surface area contributed by atoms with Crippen molar-refractivity contribution in [3.05, 3.63) is 82.9 Å². The number of hydrogen-bond donors (Lipinski definition) is 2. The molecule has 0 spiro atoms. The average Bonchev–Trinajstić information content (AvgIpc) is 3.24. The van der Waals surface area contributed by atoms with Crippen molar-refractivity contribution in [2.75, 3.05) is 20.7 Å². The topological polar surface area (TPSA) is 63.5 Å². The number of nitrogens with one attached hydrogen (secondary N) is 2. The van der Waals surface area contributed by atoms with Crippen LogP contribution in [0.5, 0.6) is 5.75 Å². The molecule has 0 saturated heterocycles. The van der Waals surface area contributed by atoms with Gasteiger partial charge in [-0.15, -0.1) is 0 Å². The van der Waals surface area contributed by atoms with Crippen LogP contribution < -0.4 is 15.4 Å². The number of aliphatic imine (C=N–C) groups is 1. The van der Waals surface area contributed by atoms with E-state index in [1.54, 1.807) is 20.4 Å². The van der Waals surface area contributed by atoms with Crippen molar-refractivity contribution < 1.29 is 4.74 Å². The minimum atomic E-state index is 0.695. The van der Waals surface area contributed by atoms with Crippen LogP contribution >= 0.6 is 11.6 Å². The number of ether oxygens (including phenoxy) is 1. The summed E-state index contributed by atoms with van der Waals surface area (Å²) in [5.74, 6) is 1.52. The van der Waals surface area contributed by atoms with E-state index in [0.29, 0.717) is 11.6 Å². The molecule has 0 fully saturated rings. The van der Waals surface area contributed by atoms with Gasteiger partial charge in [0.05, 0.1) is 13.4 Å². The molecule has 0 aliphatic carbocycles. The van der Waals surface area contributed by atoms with E-state index in [0.717, 1.165) is 36.8 Å². The summed E-state index contributed by atoms with van der Waals surface area (Å²) in [6.45, 7) is 2.23. The lowest BCUT2D eigenvalue weighted by molar-refractivity contribution is 0.414. The lowest BCUT2D eigenvalue weighted by atomic mass is 10.1. The molecule has 0 aliphatic rings. The molecule has 0 atom stereocenters. The molecule has 7 heteroatoms. The van der Waals surface area contributed by atoms with Crippen LogP contribution in [0.1, 0.15) is 16.7 Å². The van der Waals surface area contributed by atoms with Crippen molar-refractivity contribution in [3.63, 3.8) is 0 Å². The second-order valence-electron chi connectivity index (χ2n) is 6.61. The smallest absolute Gasteiger partial charge is 0.191 e. The van der Waals surface area contributed by atoms with Gasteiger partial charge in [-0.1, -0.05) is 41.9 Å². The molecule has 29 heavy (non-hydrogen) atoms. The van der Waals surface area contributed by atoms with E-state index in [1.165, 1.54) is 11.1 Å². The van der Waals surface area contributed by atoms with E-state index >= 15 is 0 Å². The lowest BCUT2D eigenvalue weighted by Gasteiger charge is -2.13. The fourth-order valence-corrected chi connectivity index (χ4v) is 3.27. The molecule has 0 unspecified atom stereocenters. The number of rotatable bonds is 8. The van der Waals surface area contributed by atoms with Gasteiger partial charge < -0.3 is 19.9 Å². The SMILES string of the molecule is CN=C(NCCc1ccc(OC)cc1Cl)NCc1cccc(Cn2ccnc2)c1. The summed E-state index contributed by atoms with van der Waals surface area (Å²) in [5.41, 5.74) is 3.51. The Labute approximate surface area is 176 Å². The van der Waals surface area contributed by atoms with Crippen molar-refractivity contribution in [3.8, 4) is 5.75 Å². The normalized spacial score (nSPS) is 11.3. The minimum absolute atomic E-state index is 0.695. The van der Waals surface area contributed by atoms with E-state index < -0.39 is 0 Å². The van der Waals surface area contributed by atoms with E-state index in [1.807, 2.05) is 30.7 Å². The Morgan fingerprint density at radius 3 is 2.76 bits per heavy atom. The average molecular weight is 412 g/mol.